The smallest absolute Gasteiger partial charge is 0.252 e. The summed E-state index contributed by atoms with van der Waals surface area (Å²) < 4.78 is 54.5. The maximum atomic E-state index is 13.5. The second-order valence-corrected chi connectivity index (χ2v) is 16.1. The number of rotatable bonds is 5. The molecule has 0 spiro atoms. The van der Waals surface area contributed by atoms with Gasteiger partial charge in [-0.2, -0.15) is 8.61 Å². The average Bonchev–Trinajstić information content (AvgIpc) is 3.25. The first-order valence-corrected chi connectivity index (χ1v) is 16.4. The Balaban J connectivity index is 1.53. The molecule has 1 aliphatic carbocycles. The first-order valence-electron chi connectivity index (χ1n) is 11.5. The third-order valence-corrected chi connectivity index (χ3v) is 12.5. The average molecular weight is 583 g/mol. The third-order valence-electron chi connectivity index (χ3n) is 7.28. The highest BCUT2D eigenvalue weighted by Gasteiger charge is 2.42. The molecular weight excluding hydrogens is 550 g/mol. The minimum absolute atomic E-state index is 0.0452. The molecule has 186 valence electrons. The minimum atomic E-state index is -3.67. The van der Waals surface area contributed by atoms with Crippen LogP contribution in [0.4, 0.5) is 0 Å². The van der Waals surface area contributed by atoms with Gasteiger partial charge in [-0.25, -0.2) is 16.8 Å². The first-order chi connectivity index (χ1) is 15.6. The van der Waals surface area contributed by atoms with E-state index >= 15 is 0 Å². The molecule has 0 bridgehead atoms. The minimum Gasteiger partial charge on any atom is -0.340 e. The van der Waals surface area contributed by atoms with Crippen molar-refractivity contribution < 1.29 is 21.6 Å². The van der Waals surface area contributed by atoms with Crippen LogP contribution in [0.2, 0.25) is 0 Å². The molecule has 2 aliphatic heterocycles. The van der Waals surface area contributed by atoms with Gasteiger partial charge in [0.2, 0.25) is 15.9 Å². The highest BCUT2D eigenvalue weighted by Crippen LogP contribution is 2.39. The number of nitrogens with zero attached hydrogens (tertiary/aromatic N) is 3. The number of hydrogen-bond donors (Lipinski definition) is 0. The molecule has 2 unspecified atom stereocenters. The molecule has 2 saturated heterocycles. The topological polar surface area (TPSA) is 95.1 Å². The van der Waals surface area contributed by atoms with Crippen molar-refractivity contribution in [2.24, 2.45) is 17.8 Å². The van der Waals surface area contributed by atoms with Crippen LogP contribution < -0.4 is 0 Å². The highest BCUT2D eigenvalue weighted by atomic mass is 79.9. The Bertz CT molecular complexity index is 1060. The van der Waals surface area contributed by atoms with Gasteiger partial charge < -0.3 is 4.90 Å². The summed E-state index contributed by atoms with van der Waals surface area (Å²) in [4.78, 5) is 15.2. The van der Waals surface area contributed by atoms with Gasteiger partial charge in [0.05, 0.1) is 16.0 Å². The van der Waals surface area contributed by atoms with Gasteiger partial charge in [0.25, 0.3) is 10.0 Å². The van der Waals surface area contributed by atoms with Crippen molar-refractivity contribution in [3.63, 3.8) is 0 Å². The van der Waals surface area contributed by atoms with E-state index in [-0.39, 0.29) is 31.5 Å². The summed E-state index contributed by atoms with van der Waals surface area (Å²) in [5, 5.41) is 0. The summed E-state index contributed by atoms with van der Waals surface area (Å²) in [6.07, 6.45) is 7.63. The van der Waals surface area contributed by atoms with Gasteiger partial charge in [-0.3, -0.25) is 4.79 Å². The summed E-state index contributed by atoms with van der Waals surface area (Å²) in [6, 6.07) is 3.36. The zero-order valence-electron chi connectivity index (χ0n) is 18.9. The van der Waals surface area contributed by atoms with Crippen molar-refractivity contribution in [1.82, 2.24) is 13.5 Å². The van der Waals surface area contributed by atoms with Crippen molar-refractivity contribution in [3.05, 3.63) is 15.9 Å². The zero-order chi connectivity index (χ0) is 23.8. The molecule has 0 radical (unpaired) electrons. The summed E-state index contributed by atoms with van der Waals surface area (Å²) >= 11 is 4.55. The van der Waals surface area contributed by atoms with Gasteiger partial charge in [0.15, 0.2) is 0 Å². The van der Waals surface area contributed by atoms with Crippen LogP contribution in [0.1, 0.15) is 38.5 Å². The largest absolute Gasteiger partial charge is 0.340 e. The lowest BCUT2D eigenvalue weighted by Crippen LogP contribution is -2.55. The fourth-order valence-electron chi connectivity index (χ4n) is 5.48. The quantitative estimate of drug-likeness (QED) is 0.533. The van der Waals surface area contributed by atoms with E-state index in [0.717, 1.165) is 29.5 Å². The van der Waals surface area contributed by atoms with Gasteiger partial charge in [0, 0.05) is 39.3 Å². The van der Waals surface area contributed by atoms with Crippen LogP contribution in [0.3, 0.4) is 0 Å². The molecule has 3 aliphatic rings. The van der Waals surface area contributed by atoms with Gasteiger partial charge >= 0.3 is 0 Å². The van der Waals surface area contributed by atoms with Gasteiger partial charge in [0.1, 0.15) is 4.21 Å². The fraction of sp³-hybridized carbons (Fsp3) is 0.762. The van der Waals surface area contributed by atoms with Crippen LogP contribution in [0.5, 0.6) is 0 Å². The van der Waals surface area contributed by atoms with Crippen LogP contribution in [0, 0.1) is 17.8 Å². The second kappa shape index (κ2) is 10.2. The number of amides is 1. The van der Waals surface area contributed by atoms with E-state index in [0.29, 0.717) is 36.2 Å². The van der Waals surface area contributed by atoms with Crippen LogP contribution in [0.15, 0.2) is 20.1 Å². The number of carbonyl (C=O) groups excluding carboxylic acids is 1. The maximum Gasteiger partial charge on any atom is 0.252 e. The predicted molar refractivity (Wildman–Crippen MR) is 132 cm³/mol. The Labute approximate surface area is 209 Å². The van der Waals surface area contributed by atoms with Crippen molar-refractivity contribution in [2.75, 3.05) is 45.5 Å². The Kier molecular flexibility index (Phi) is 7.92. The Morgan fingerprint density at radius 3 is 2.18 bits per heavy atom. The number of sulfonamides is 2. The molecule has 3 heterocycles. The van der Waals surface area contributed by atoms with Crippen molar-refractivity contribution >= 4 is 53.2 Å². The van der Waals surface area contributed by atoms with E-state index in [9.17, 15) is 21.6 Å². The molecule has 0 aromatic carbocycles. The number of piperidine rings is 1. The van der Waals surface area contributed by atoms with E-state index in [1.807, 2.05) is 0 Å². The summed E-state index contributed by atoms with van der Waals surface area (Å²) in [7, 11) is -6.95. The van der Waals surface area contributed by atoms with Crippen LogP contribution in [-0.4, -0.2) is 81.8 Å². The fourth-order valence-corrected chi connectivity index (χ4v) is 10.0. The predicted octanol–water partition coefficient (Wildman–Crippen LogP) is 2.82. The number of thiophene rings is 1. The highest BCUT2D eigenvalue weighted by molar-refractivity contribution is 9.11. The molecule has 1 saturated carbocycles. The molecule has 0 N–H and O–H groups in total. The Morgan fingerprint density at radius 1 is 0.939 bits per heavy atom. The molecule has 2 atom stereocenters. The summed E-state index contributed by atoms with van der Waals surface area (Å²) in [5.74, 6) is 0.178. The van der Waals surface area contributed by atoms with E-state index < -0.39 is 26.0 Å². The molecule has 1 amide bonds. The van der Waals surface area contributed by atoms with E-state index in [4.69, 9.17) is 0 Å². The number of hydrogen-bond acceptors (Lipinski definition) is 6. The normalized spacial score (nSPS) is 27.0. The lowest BCUT2D eigenvalue weighted by atomic mass is 9.74. The van der Waals surface area contributed by atoms with Crippen LogP contribution in [0.25, 0.3) is 0 Å². The molecule has 4 rings (SSSR count). The summed E-state index contributed by atoms with van der Waals surface area (Å²) in [6.45, 7) is 1.92. The molecule has 12 heteroatoms. The number of piperazine rings is 1. The van der Waals surface area contributed by atoms with Gasteiger partial charge in [-0.15, -0.1) is 11.3 Å². The van der Waals surface area contributed by atoms with Crippen LogP contribution >= 0.6 is 27.3 Å². The van der Waals surface area contributed by atoms with E-state index in [1.165, 1.54) is 32.6 Å². The molecule has 1 aromatic heterocycles. The van der Waals surface area contributed by atoms with Gasteiger partial charge in [-0.1, -0.05) is 32.1 Å². The van der Waals surface area contributed by atoms with Crippen LogP contribution in [-0.2, 0) is 24.8 Å². The lowest BCUT2D eigenvalue weighted by Gasteiger charge is -2.43. The zero-order valence-corrected chi connectivity index (χ0v) is 22.9. The number of carbonyl (C=O) groups is 1. The SMILES string of the molecule is CS(=O)(=O)N1CCN(C(=O)C2CC(C3CCCCC3)CN(S(=O)(=O)c3ccc(Br)s3)C2)CC1. The Hall–Kier alpha value is -0.530. The molecule has 33 heavy (non-hydrogen) atoms. The first kappa shape index (κ1) is 25.6. The standard InChI is InChI=1S/C21H32BrN3O5S3/c1-32(27,28)24-11-9-23(10-12-24)21(26)18-13-17(16-5-3-2-4-6-16)14-25(15-18)33(29,30)20-8-7-19(22)31-20/h7-8,16-18H,2-6,9-15H2,1H3. The van der Waals surface area contributed by atoms with Crippen molar-refractivity contribution in [1.29, 1.82) is 0 Å². The Morgan fingerprint density at radius 2 is 1.61 bits per heavy atom. The molecular formula is C21H32BrN3O5S3. The monoisotopic (exact) mass is 581 g/mol. The molecule has 3 fully saturated rings. The molecule has 8 nitrogen and oxygen atoms in total. The second-order valence-electron chi connectivity index (χ2n) is 9.46. The molecule has 1 aromatic rings. The number of halogens is 1. The van der Waals surface area contributed by atoms with E-state index in [1.54, 1.807) is 17.0 Å². The summed E-state index contributed by atoms with van der Waals surface area (Å²) in [5.41, 5.74) is 0. The van der Waals surface area contributed by atoms with Crippen molar-refractivity contribution in [2.45, 2.75) is 42.7 Å². The lowest BCUT2D eigenvalue weighted by molar-refractivity contribution is -0.139. The maximum absolute atomic E-state index is 13.5. The van der Waals surface area contributed by atoms with E-state index in [2.05, 4.69) is 15.9 Å². The van der Waals surface area contributed by atoms with Crippen molar-refractivity contribution in [3.8, 4) is 0 Å². The third kappa shape index (κ3) is 5.83. The van der Waals surface area contributed by atoms with Gasteiger partial charge in [-0.05, 0) is 46.3 Å².